The van der Waals surface area contributed by atoms with Crippen molar-refractivity contribution in [1.82, 2.24) is 9.21 Å². The largest absolute Gasteiger partial charge is 0.452 e. The van der Waals surface area contributed by atoms with Crippen molar-refractivity contribution in [1.29, 1.82) is 0 Å². The van der Waals surface area contributed by atoms with Gasteiger partial charge >= 0.3 is 5.97 Å². The quantitative estimate of drug-likeness (QED) is 0.469. The molecule has 13 heteroatoms. The summed E-state index contributed by atoms with van der Waals surface area (Å²) in [6.07, 6.45) is 4.69. The number of sulfone groups is 1. The van der Waals surface area contributed by atoms with Crippen molar-refractivity contribution in [3.8, 4) is 0 Å². The molecule has 2 saturated heterocycles. The van der Waals surface area contributed by atoms with Crippen molar-refractivity contribution in [3.05, 3.63) is 29.6 Å². The Morgan fingerprint density at radius 1 is 1.08 bits per heavy atom. The molecule has 36 heavy (non-hydrogen) atoms. The lowest BCUT2D eigenvalue weighted by Crippen LogP contribution is -2.50. The highest BCUT2D eigenvalue weighted by Gasteiger charge is 2.39. The van der Waals surface area contributed by atoms with E-state index in [2.05, 4.69) is 0 Å². The molecule has 0 N–H and O–H groups in total. The zero-order valence-corrected chi connectivity index (χ0v) is 21.6. The standard InChI is InChI=1S/C23H31FN2O8S2/c24-21-7-6-19(36(31,32)25-9-11-33-12-10-25)14-20(21)23(28)34-15-22(27)26(17-4-2-1-3-5-17)18-8-13-35(29,30)16-18/h6-7,14,17-18H,1-5,8-13,15-16H2. The minimum absolute atomic E-state index is 0.00355. The first kappa shape index (κ1) is 27.0. The van der Waals surface area contributed by atoms with Gasteiger partial charge in [0.25, 0.3) is 5.91 Å². The third-order valence-electron chi connectivity index (χ3n) is 6.95. The second kappa shape index (κ2) is 11.1. The summed E-state index contributed by atoms with van der Waals surface area (Å²) in [4.78, 5) is 27.1. The molecule has 1 atom stereocenters. The number of amides is 1. The molecule has 0 aromatic heterocycles. The van der Waals surface area contributed by atoms with Gasteiger partial charge in [-0.05, 0) is 37.5 Å². The topological polar surface area (TPSA) is 127 Å². The van der Waals surface area contributed by atoms with E-state index >= 15 is 0 Å². The second-order valence-corrected chi connectivity index (χ2v) is 13.6. The highest BCUT2D eigenvalue weighted by molar-refractivity contribution is 7.91. The van der Waals surface area contributed by atoms with Gasteiger partial charge in [-0.15, -0.1) is 0 Å². The van der Waals surface area contributed by atoms with Crippen molar-refractivity contribution in [3.63, 3.8) is 0 Å². The van der Waals surface area contributed by atoms with Crippen molar-refractivity contribution < 1.29 is 40.3 Å². The zero-order chi connectivity index (χ0) is 25.9. The highest BCUT2D eigenvalue weighted by Crippen LogP contribution is 2.29. The Labute approximate surface area is 210 Å². The van der Waals surface area contributed by atoms with E-state index < -0.39 is 55.8 Å². The van der Waals surface area contributed by atoms with Gasteiger partial charge in [-0.2, -0.15) is 4.31 Å². The minimum atomic E-state index is -3.97. The highest BCUT2D eigenvalue weighted by atomic mass is 32.2. The lowest BCUT2D eigenvalue weighted by molar-refractivity contribution is -0.140. The third-order valence-corrected chi connectivity index (χ3v) is 10.6. The number of benzene rings is 1. The van der Waals surface area contributed by atoms with E-state index in [9.17, 15) is 30.8 Å². The molecule has 1 aliphatic carbocycles. The molecular formula is C23H31FN2O8S2. The van der Waals surface area contributed by atoms with Crippen molar-refractivity contribution in [2.45, 2.75) is 55.5 Å². The van der Waals surface area contributed by atoms with Crippen LogP contribution in [0.15, 0.2) is 23.1 Å². The molecule has 200 valence electrons. The molecule has 1 amide bonds. The number of nitrogens with zero attached hydrogens (tertiary/aromatic N) is 2. The molecule has 1 unspecified atom stereocenters. The molecule has 0 radical (unpaired) electrons. The summed E-state index contributed by atoms with van der Waals surface area (Å²) in [5, 5.41) is 0. The van der Waals surface area contributed by atoms with Crippen molar-refractivity contribution in [2.75, 3.05) is 44.4 Å². The predicted molar refractivity (Wildman–Crippen MR) is 127 cm³/mol. The summed E-state index contributed by atoms with van der Waals surface area (Å²) in [5.41, 5.74) is -0.593. The van der Waals surface area contributed by atoms with Crippen LogP contribution in [0.25, 0.3) is 0 Å². The molecule has 1 aromatic rings. The first-order valence-electron chi connectivity index (χ1n) is 12.1. The molecule has 2 heterocycles. The van der Waals surface area contributed by atoms with Crippen LogP contribution >= 0.6 is 0 Å². The van der Waals surface area contributed by atoms with Gasteiger partial charge in [0.05, 0.1) is 35.2 Å². The van der Waals surface area contributed by atoms with E-state index in [1.54, 1.807) is 4.90 Å². The number of morpholine rings is 1. The van der Waals surface area contributed by atoms with E-state index in [-0.39, 0.29) is 48.7 Å². The van der Waals surface area contributed by atoms with Crippen LogP contribution in [-0.2, 0) is 34.1 Å². The Kier molecular flexibility index (Phi) is 8.32. The average Bonchev–Trinajstić information content (AvgIpc) is 3.23. The summed E-state index contributed by atoms with van der Waals surface area (Å²) in [7, 11) is -7.21. The lowest BCUT2D eigenvalue weighted by atomic mass is 9.93. The molecule has 3 aliphatic rings. The van der Waals surface area contributed by atoms with E-state index in [4.69, 9.17) is 9.47 Å². The van der Waals surface area contributed by atoms with Gasteiger partial charge in [0, 0.05) is 25.2 Å². The van der Waals surface area contributed by atoms with Crippen molar-refractivity contribution >= 4 is 31.7 Å². The van der Waals surface area contributed by atoms with E-state index in [0.29, 0.717) is 6.42 Å². The van der Waals surface area contributed by atoms with Crippen LogP contribution in [0.5, 0.6) is 0 Å². The van der Waals surface area contributed by atoms with Crippen LogP contribution in [0, 0.1) is 5.82 Å². The SMILES string of the molecule is O=C(OCC(=O)N(C1CCCCC1)C1CCS(=O)(=O)C1)c1cc(S(=O)(=O)N2CCOCC2)ccc1F. The van der Waals surface area contributed by atoms with Gasteiger partial charge in [0.1, 0.15) is 5.82 Å². The summed E-state index contributed by atoms with van der Waals surface area (Å²) >= 11 is 0. The number of sulfonamides is 1. The number of hydrogen-bond acceptors (Lipinski definition) is 8. The van der Waals surface area contributed by atoms with Gasteiger partial charge in [0.15, 0.2) is 16.4 Å². The molecular weight excluding hydrogens is 515 g/mol. The van der Waals surface area contributed by atoms with Gasteiger partial charge in [-0.25, -0.2) is 26.0 Å². The monoisotopic (exact) mass is 546 g/mol. The lowest BCUT2D eigenvalue weighted by Gasteiger charge is -2.38. The first-order chi connectivity index (χ1) is 17.1. The summed E-state index contributed by atoms with van der Waals surface area (Å²) in [6.45, 7) is 0.0595. The molecule has 0 bridgehead atoms. The van der Waals surface area contributed by atoms with Crippen LogP contribution in [-0.4, -0.2) is 94.4 Å². The van der Waals surface area contributed by atoms with Crippen LogP contribution < -0.4 is 0 Å². The van der Waals surface area contributed by atoms with E-state index in [1.165, 1.54) is 4.31 Å². The molecule has 4 rings (SSSR count). The van der Waals surface area contributed by atoms with Gasteiger partial charge in [-0.1, -0.05) is 19.3 Å². The Bertz CT molecular complexity index is 1190. The summed E-state index contributed by atoms with van der Waals surface area (Å²) < 4.78 is 75.8. The Morgan fingerprint density at radius 3 is 2.42 bits per heavy atom. The fourth-order valence-electron chi connectivity index (χ4n) is 5.10. The molecule has 10 nitrogen and oxygen atoms in total. The molecule has 3 fully saturated rings. The van der Waals surface area contributed by atoms with Crippen molar-refractivity contribution in [2.24, 2.45) is 0 Å². The van der Waals surface area contributed by atoms with Gasteiger partial charge in [0.2, 0.25) is 10.0 Å². The number of carbonyl (C=O) groups is 2. The van der Waals surface area contributed by atoms with Gasteiger partial charge in [-0.3, -0.25) is 4.79 Å². The summed E-state index contributed by atoms with van der Waals surface area (Å²) in [5.74, 6) is -2.79. The summed E-state index contributed by atoms with van der Waals surface area (Å²) in [6, 6.07) is 2.25. The van der Waals surface area contributed by atoms with Crippen LogP contribution in [0.4, 0.5) is 4.39 Å². The molecule has 2 aliphatic heterocycles. The molecule has 1 aromatic carbocycles. The Hall–Kier alpha value is -2.09. The maximum Gasteiger partial charge on any atom is 0.341 e. The second-order valence-electron chi connectivity index (χ2n) is 9.38. The minimum Gasteiger partial charge on any atom is -0.452 e. The fraction of sp³-hybridized carbons (Fsp3) is 0.652. The van der Waals surface area contributed by atoms with E-state index in [1.807, 2.05) is 0 Å². The van der Waals surface area contributed by atoms with Crippen LogP contribution in [0.2, 0.25) is 0 Å². The van der Waals surface area contributed by atoms with Crippen LogP contribution in [0.3, 0.4) is 0 Å². The Morgan fingerprint density at radius 2 is 1.78 bits per heavy atom. The number of carbonyl (C=O) groups excluding carboxylic acids is 2. The number of hydrogen-bond donors (Lipinski definition) is 0. The smallest absolute Gasteiger partial charge is 0.341 e. The third kappa shape index (κ3) is 6.06. The van der Waals surface area contributed by atoms with Crippen LogP contribution in [0.1, 0.15) is 48.9 Å². The normalized spacial score (nSPS) is 23.3. The molecule has 1 saturated carbocycles. The maximum absolute atomic E-state index is 14.5. The average molecular weight is 547 g/mol. The van der Waals surface area contributed by atoms with Gasteiger partial charge < -0.3 is 14.4 Å². The number of ether oxygens (including phenoxy) is 2. The number of halogens is 1. The predicted octanol–water partition coefficient (Wildman–Crippen LogP) is 1.35. The first-order valence-corrected chi connectivity index (χ1v) is 15.4. The zero-order valence-electron chi connectivity index (χ0n) is 19.9. The fourth-order valence-corrected chi connectivity index (χ4v) is 8.24. The Balaban J connectivity index is 1.47. The maximum atomic E-state index is 14.5. The number of esters is 1. The number of rotatable bonds is 7. The van der Waals surface area contributed by atoms with E-state index in [0.717, 1.165) is 50.3 Å². The molecule has 0 spiro atoms.